The van der Waals surface area contributed by atoms with Gasteiger partial charge in [0.05, 0.1) is 37.1 Å². The Morgan fingerprint density at radius 2 is 1.33 bits per heavy atom. The number of nitrogens with zero attached hydrogens (tertiary/aromatic N) is 6. The molecule has 4 aromatic rings. The molecule has 4 fully saturated rings. The number of pyridine rings is 3. The smallest absolute Gasteiger partial charge is 0.323 e. The molecule has 3 amide bonds. The Morgan fingerprint density at radius 1 is 0.738 bits per heavy atom. The quantitative estimate of drug-likeness (QED) is 0.185. The van der Waals surface area contributed by atoms with Gasteiger partial charge in [0.15, 0.2) is 0 Å². The lowest BCUT2D eigenvalue weighted by Crippen LogP contribution is -2.55. The molecule has 2 atom stereocenters. The van der Waals surface area contributed by atoms with Gasteiger partial charge in [-0.2, -0.15) is 0 Å². The Bertz CT molecular complexity index is 2160. The third-order valence-electron chi connectivity index (χ3n) is 11.2. The van der Waals surface area contributed by atoms with Crippen LogP contribution in [0.15, 0.2) is 84.0 Å². The van der Waals surface area contributed by atoms with E-state index < -0.39 is 0 Å². The van der Waals surface area contributed by atoms with E-state index in [4.69, 9.17) is 14.2 Å². The molecule has 8 rings (SSSR count). The highest BCUT2D eigenvalue weighted by atomic mass is 19.1. The van der Waals surface area contributed by atoms with Crippen molar-refractivity contribution in [1.29, 1.82) is 0 Å². The number of methoxy groups -OCH3 is 1. The number of amides is 3. The van der Waals surface area contributed by atoms with Crippen molar-refractivity contribution in [2.45, 2.75) is 44.7 Å². The number of hydrogen-bond acceptors (Lipinski definition) is 12. The number of esters is 1. The van der Waals surface area contributed by atoms with Crippen LogP contribution in [0.1, 0.15) is 53.3 Å². The van der Waals surface area contributed by atoms with Gasteiger partial charge in [0, 0.05) is 76.9 Å². The fraction of sp³-hybridized carbons (Fsp3) is 0.432. The van der Waals surface area contributed by atoms with Crippen LogP contribution in [0.3, 0.4) is 0 Å². The van der Waals surface area contributed by atoms with Crippen molar-refractivity contribution >= 4 is 29.5 Å². The molecule has 61 heavy (non-hydrogen) atoms. The Hall–Kier alpha value is -6.20. The van der Waals surface area contributed by atoms with Crippen molar-refractivity contribution in [3.05, 3.63) is 107 Å². The number of carbonyl (C=O) groups is 4. The number of rotatable bonds is 13. The van der Waals surface area contributed by atoms with Gasteiger partial charge in [0.2, 0.25) is 17.3 Å². The predicted octanol–water partition coefficient (Wildman–Crippen LogP) is 4.07. The number of aromatic amines is 1. The number of piperazine rings is 2. The Morgan fingerprint density at radius 3 is 1.85 bits per heavy atom. The second-order valence-corrected chi connectivity index (χ2v) is 15.4. The van der Waals surface area contributed by atoms with E-state index in [9.17, 15) is 28.4 Å². The molecule has 1 aromatic carbocycles. The fourth-order valence-electron chi connectivity index (χ4n) is 7.67. The highest BCUT2D eigenvalue weighted by Crippen LogP contribution is 2.37. The second kappa shape index (κ2) is 19.9. The molecular formula is C44H51FN8O8. The molecular weight excluding hydrogens is 788 g/mol. The largest absolute Gasteiger partial charge is 0.481 e. The van der Waals surface area contributed by atoms with E-state index in [1.807, 2.05) is 11.8 Å². The van der Waals surface area contributed by atoms with E-state index in [-0.39, 0.29) is 53.1 Å². The van der Waals surface area contributed by atoms with Gasteiger partial charge in [-0.15, -0.1) is 0 Å². The molecule has 17 heteroatoms. The summed E-state index contributed by atoms with van der Waals surface area (Å²) in [5, 5.41) is 2.91. The molecule has 3 aromatic heterocycles. The van der Waals surface area contributed by atoms with Gasteiger partial charge in [0.1, 0.15) is 29.2 Å². The van der Waals surface area contributed by atoms with Crippen LogP contribution in [0.2, 0.25) is 0 Å². The average Bonchev–Trinajstić information content (AvgIpc) is 4.24. The first-order valence-electron chi connectivity index (χ1n) is 20.7. The number of ether oxygens (including phenoxy) is 3. The van der Waals surface area contributed by atoms with Crippen LogP contribution in [-0.4, -0.2) is 136 Å². The van der Waals surface area contributed by atoms with Crippen LogP contribution in [0.25, 0.3) is 0 Å². The lowest BCUT2D eigenvalue weighted by molar-refractivity contribution is -0.151. The first kappa shape index (κ1) is 42.9. The van der Waals surface area contributed by atoms with Crippen LogP contribution in [0, 0.1) is 17.7 Å². The number of nitrogens with one attached hydrogen (secondary N) is 2. The predicted molar refractivity (Wildman–Crippen MR) is 222 cm³/mol. The fourth-order valence-corrected chi connectivity index (χ4v) is 7.67. The molecule has 4 aliphatic rings. The summed E-state index contributed by atoms with van der Waals surface area (Å²) in [5.41, 5.74) is 0.745. The highest BCUT2D eigenvalue weighted by Gasteiger charge is 2.43. The summed E-state index contributed by atoms with van der Waals surface area (Å²) < 4.78 is 29.0. The van der Waals surface area contributed by atoms with Gasteiger partial charge in [-0.05, 0) is 93.0 Å². The molecule has 2 aliphatic heterocycles. The maximum Gasteiger partial charge on any atom is 0.323 e. The first-order valence-corrected chi connectivity index (χ1v) is 20.7. The molecule has 2 unspecified atom stereocenters. The van der Waals surface area contributed by atoms with E-state index in [1.165, 1.54) is 48.8 Å². The number of halogens is 1. The van der Waals surface area contributed by atoms with E-state index >= 15 is 0 Å². The third kappa shape index (κ3) is 11.3. The third-order valence-corrected chi connectivity index (χ3v) is 11.2. The Kier molecular flexibility index (Phi) is 14.0. The van der Waals surface area contributed by atoms with Gasteiger partial charge < -0.3 is 34.3 Å². The van der Waals surface area contributed by atoms with Gasteiger partial charge in [-0.3, -0.25) is 33.8 Å². The van der Waals surface area contributed by atoms with Crippen molar-refractivity contribution in [1.82, 2.24) is 34.6 Å². The zero-order chi connectivity index (χ0) is 42.9. The van der Waals surface area contributed by atoms with Crippen molar-refractivity contribution in [3.63, 3.8) is 0 Å². The summed E-state index contributed by atoms with van der Waals surface area (Å²) in [6.45, 7) is 7.01. The normalized spacial score (nSPS) is 17.9. The maximum absolute atomic E-state index is 13.2. The SMILES string of the molecule is CCOC(=O)C(C1CC1)N1CCN(C(=O)c2ccc(OC)nc2)CC1.O=C(Nc1ccc(Oc2ccc(F)cc2)cn1)C(C1CC1)N1CCN(C(=O)c2ccc(=O)[nH]c2)CC1. The van der Waals surface area contributed by atoms with E-state index in [0.717, 1.165) is 25.7 Å². The van der Waals surface area contributed by atoms with Crippen molar-refractivity contribution in [3.8, 4) is 17.4 Å². The molecule has 5 heterocycles. The van der Waals surface area contributed by atoms with Gasteiger partial charge >= 0.3 is 5.97 Å². The van der Waals surface area contributed by atoms with Crippen molar-refractivity contribution < 1.29 is 37.8 Å². The Balaban J connectivity index is 0.000000197. The summed E-state index contributed by atoms with van der Waals surface area (Å²) in [5.74, 6) is 1.82. The number of benzene rings is 1. The molecule has 2 saturated carbocycles. The standard InChI is InChI=1S/C26H26FN5O4.C18H25N3O4/c27-19-4-6-20(7-5-19)36-21-8-9-22(28-16-21)30-25(34)24(17-1-2-17)31-11-13-32(14-12-31)26(35)18-3-10-23(33)29-15-18;1-3-25-18(23)16(13-4-5-13)20-8-10-21(11-9-20)17(22)14-6-7-15(24-2)19-12-14/h3-10,15-17,24H,1-2,11-14H2,(H,29,33)(H,28,30,34);6-7,12-13,16H,3-5,8-11H2,1-2H3. The van der Waals surface area contributed by atoms with Gasteiger partial charge in [0.25, 0.3) is 11.8 Å². The monoisotopic (exact) mass is 838 g/mol. The Labute approximate surface area is 353 Å². The maximum atomic E-state index is 13.2. The first-order chi connectivity index (χ1) is 29.6. The lowest BCUT2D eigenvalue weighted by Gasteiger charge is -2.38. The topological polar surface area (TPSA) is 180 Å². The number of H-pyrrole nitrogens is 1. The number of anilines is 1. The van der Waals surface area contributed by atoms with Crippen LogP contribution in [0.5, 0.6) is 17.4 Å². The number of hydrogen-bond donors (Lipinski definition) is 2. The lowest BCUT2D eigenvalue weighted by atomic mass is 10.1. The van der Waals surface area contributed by atoms with Crippen LogP contribution >= 0.6 is 0 Å². The zero-order valence-corrected chi connectivity index (χ0v) is 34.3. The molecule has 2 N–H and O–H groups in total. The minimum absolute atomic E-state index is 0.0334. The summed E-state index contributed by atoms with van der Waals surface area (Å²) in [4.78, 5) is 80.8. The van der Waals surface area contributed by atoms with E-state index in [1.54, 1.807) is 42.5 Å². The highest BCUT2D eigenvalue weighted by molar-refractivity contribution is 5.95. The van der Waals surface area contributed by atoms with Crippen LogP contribution in [-0.2, 0) is 14.3 Å². The minimum atomic E-state index is -0.342. The van der Waals surface area contributed by atoms with Gasteiger partial charge in [-0.1, -0.05) is 0 Å². The summed E-state index contributed by atoms with van der Waals surface area (Å²) in [6, 6.07) is 14.9. The second-order valence-electron chi connectivity index (χ2n) is 15.4. The molecule has 16 nitrogen and oxygen atoms in total. The molecule has 2 aliphatic carbocycles. The van der Waals surface area contributed by atoms with Crippen LogP contribution in [0.4, 0.5) is 10.2 Å². The van der Waals surface area contributed by atoms with Gasteiger partial charge in [-0.25, -0.2) is 14.4 Å². The minimum Gasteiger partial charge on any atom is -0.481 e. The summed E-state index contributed by atoms with van der Waals surface area (Å²) in [7, 11) is 1.54. The summed E-state index contributed by atoms with van der Waals surface area (Å²) in [6.07, 6.45) is 8.63. The summed E-state index contributed by atoms with van der Waals surface area (Å²) >= 11 is 0. The molecule has 2 saturated heterocycles. The molecule has 0 spiro atoms. The number of aromatic nitrogens is 3. The molecule has 0 radical (unpaired) electrons. The average molecular weight is 839 g/mol. The number of carbonyl (C=O) groups excluding carboxylic acids is 4. The zero-order valence-electron chi connectivity index (χ0n) is 34.3. The van der Waals surface area contributed by atoms with Crippen molar-refractivity contribution in [2.75, 3.05) is 71.4 Å². The molecule has 0 bridgehead atoms. The van der Waals surface area contributed by atoms with E-state index in [2.05, 4.69) is 30.1 Å². The van der Waals surface area contributed by atoms with Crippen LogP contribution < -0.4 is 20.3 Å². The van der Waals surface area contributed by atoms with E-state index in [0.29, 0.717) is 99.2 Å². The van der Waals surface area contributed by atoms with Crippen molar-refractivity contribution in [2.24, 2.45) is 11.8 Å². The molecule has 322 valence electrons.